The van der Waals surface area contributed by atoms with Gasteiger partial charge in [0.15, 0.2) is 12.0 Å². The van der Waals surface area contributed by atoms with Crippen LogP contribution in [0.25, 0.3) is 0 Å². The van der Waals surface area contributed by atoms with Crippen LogP contribution < -0.4 is 9.47 Å². The third-order valence-electron chi connectivity index (χ3n) is 4.50. The average molecular weight is 546 g/mol. The predicted octanol–water partition coefficient (Wildman–Crippen LogP) is 8.22. The lowest BCUT2D eigenvalue weighted by atomic mass is 10.2. The van der Waals surface area contributed by atoms with Crippen molar-refractivity contribution in [2.45, 2.75) is 65.1 Å². The molecule has 0 atom stereocenters. The average Bonchev–Trinajstić information content (AvgIpc) is 2.76. The van der Waals surface area contributed by atoms with E-state index in [0.717, 1.165) is 44.9 Å². The molecule has 5 nitrogen and oxygen atoms in total. The lowest BCUT2D eigenvalue weighted by Crippen LogP contribution is -2.25. The van der Waals surface area contributed by atoms with Crippen molar-refractivity contribution in [1.29, 1.82) is 0 Å². The summed E-state index contributed by atoms with van der Waals surface area (Å²) < 4.78 is 28.7. The van der Waals surface area contributed by atoms with E-state index in [-0.39, 0.29) is 17.4 Å². The van der Waals surface area contributed by atoms with Crippen molar-refractivity contribution < 1.29 is 23.7 Å². The molecule has 0 spiro atoms. The van der Waals surface area contributed by atoms with Crippen molar-refractivity contribution in [3.63, 3.8) is 0 Å². The van der Waals surface area contributed by atoms with E-state index in [1.807, 2.05) is 0 Å². The number of unbranched alkanes of at least 4 members (excludes halogenated alkanes) is 4. The molecule has 0 unspecified atom stereocenters. The molecule has 0 aromatic heterocycles. The van der Waals surface area contributed by atoms with E-state index in [1.165, 1.54) is 6.08 Å². The Labute approximate surface area is 218 Å². The van der Waals surface area contributed by atoms with Gasteiger partial charge in [0, 0.05) is 32.0 Å². The maximum absolute atomic E-state index is 6.28. The number of hydrogen-bond donors (Lipinski definition) is 0. The van der Waals surface area contributed by atoms with Gasteiger partial charge in [0.2, 0.25) is 0 Å². The fraction of sp³-hybridized carbons (Fsp3) is 0.667. The van der Waals surface area contributed by atoms with Crippen LogP contribution in [0.3, 0.4) is 0 Å². The van der Waals surface area contributed by atoms with Crippen LogP contribution in [-0.4, -0.2) is 45.9 Å². The molecule has 190 valence electrons. The summed E-state index contributed by atoms with van der Waals surface area (Å²) in [6, 6.07) is 3.29. The van der Waals surface area contributed by atoms with E-state index in [2.05, 4.69) is 13.8 Å². The third kappa shape index (κ3) is 15.3. The van der Waals surface area contributed by atoms with Gasteiger partial charge in [0.1, 0.15) is 16.8 Å². The molecule has 0 saturated carbocycles. The van der Waals surface area contributed by atoms with Crippen LogP contribution >= 0.6 is 46.4 Å². The van der Waals surface area contributed by atoms with Crippen molar-refractivity contribution in [2.24, 2.45) is 0 Å². The standard InChI is InChI=1S/C24H36Cl4O5/c1-3-5-12-31-23(32-13-6-4-2)18-29-11-8-7-9-14-33-24-20(25)16-19(17-21(24)26)30-15-10-22(27)28/h10,16-17,23H,3-9,11-15,18H2,1-2H3. The maximum atomic E-state index is 6.28. The molecular formula is C24H36Cl4O5. The molecule has 0 fully saturated rings. The van der Waals surface area contributed by atoms with Crippen molar-refractivity contribution in [3.05, 3.63) is 32.7 Å². The molecule has 0 heterocycles. The zero-order valence-electron chi connectivity index (χ0n) is 19.6. The van der Waals surface area contributed by atoms with Crippen LogP contribution in [0.1, 0.15) is 58.8 Å². The zero-order chi connectivity index (χ0) is 24.3. The predicted molar refractivity (Wildman–Crippen MR) is 137 cm³/mol. The molecule has 1 aromatic carbocycles. The summed E-state index contributed by atoms with van der Waals surface area (Å²) in [5, 5.41) is 0.776. The van der Waals surface area contributed by atoms with Gasteiger partial charge in [-0.05, 0) is 38.2 Å². The minimum Gasteiger partial charge on any atom is -0.490 e. The second-order valence-electron chi connectivity index (χ2n) is 7.38. The molecule has 0 aliphatic carbocycles. The molecule has 0 N–H and O–H groups in total. The Balaban J connectivity index is 2.23. The van der Waals surface area contributed by atoms with Gasteiger partial charge in [-0.15, -0.1) is 0 Å². The summed E-state index contributed by atoms with van der Waals surface area (Å²) in [6.45, 7) is 7.51. The number of benzene rings is 1. The van der Waals surface area contributed by atoms with Gasteiger partial charge in [-0.3, -0.25) is 0 Å². The summed E-state index contributed by atoms with van der Waals surface area (Å²) in [5.41, 5.74) is 0. The quantitative estimate of drug-likeness (QED) is 0.122. The molecule has 9 heteroatoms. The fourth-order valence-corrected chi connectivity index (χ4v) is 3.36. The van der Waals surface area contributed by atoms with Crippen LogP contribution in [0, 0.1) is 0 Å². The first kappa shape index (κ1) is 30.6. The van der Waals surface area contributed by atoms with Crippen LogP contribution in [0.5, 0.6) is 11.5 Å². The summed E-state index contributed by atoms with van der Waals surface area (Å²) in [4.78, 5) is 0. The minimum atomic E-state index is -0.286. The van der Waals surface area contributed by atoms with E-state index >= 15 is 0 Å². The fourth-order valence-electron chi connectivity index (χ4n) is 2.66. The highest BCUT2D eigenvalue weighted by Crippen LogP contribution is 2.37. The van der Waals surface area contributed by atoms with Gasteiger partial charge in [-0.25, -0.2) is 0 Å². The molecule has 0 aliphatic heterocycles. The highest BCUT2D eigenvalue weighted by molar-refractivity contribution is 6.55. The smallest absolute Gasteiger partial charge is 0.180 e. The van der Waals surface area contributed by atoms with Crippen LogP contribution in [0.2, 0.25) is 10.0 Å². The Kier molecular flexibility index (Phi) is 18.4. The highest BCUT2D eigenvalue weighted by Gasteiger charge is 2.11. The summed E-state index contributed by atoms with van der Waals surface area (Å²) >= 11 is 23.7. The molecular weight excluding hydrogens is 510 g/mol. The largest absolute Gasteiger partial charge is 0.490 e. The highest BCUT2D eigenvalue weighted by atomic mass is 35.5. The first-order chi connectivity index (χ1) is 16.0. The minimum absolute atomic E-state index is 0.137. The van der Waals surface area contributed by atoms with Crippen molar-refractivity contribution in [3.8, 4) is 11.5 Å². The van der Waals surface area contributed by atoms with Gasteiger partial charge in [-0.2, -0.15) is 0 Å². The Hall–Kier alpha value is -0.400. The second-order valence-corrected chi connectivity index (χ2v) is 9.21. The van der Waals surface area contributed by atoms with E-state index < -0.39 is 0 Å². The zero-order valence-corrected chi connectivity index (χ0v) is 22.6. The van der Waals surface area contributed by atoms with Crippen molar-refractivity contribution >= 4 is 46.4 Å². The molecule has 0 saturated heterocycles. The van der Waals surface area contributed by atoms with Crippen LogP contribution in [-0.2, 0) is 14.2 Å². The van der Waals surface area contributed by atoms with Gasteiger partial charge in [0.25, 0.3) is 0 Å². The Morgan fingerprint density at radius 2 is 1.42 bits per heavy atom. The number of ether oxygens (including phenoxy) is 5. The van der Waals surface area contributed by atoms with Crippen LogP contribution in [0.4, 0.5) is 0 Å². The summed E-state index contributed by atoms with van der Waals surface area (Å²) in [7, 11) is 0. The van der Waals surface area contributed by atoms with E-state index in [4.69, 9.17) is 70.1 Å². The molecule has 33 heavy (non-hydrogen) atoms. The van der Waals surface area contributed by atoms with Crippen molar-refractivity contribution in [2.75, 3.05) is 39.6 Å². The van der Waals surface area contributed by atoms with Gasteiger partial charge in [0.05, 0.1) is 23.3 Å². The topological polar surface area (TPSA) is 46.2 Å². The number of hydrogen-bond acceptors (Lipinski definition) is 5. The lowest BCUT2D eigenvalue weighted by molar-refractivity contribution is -0.173. The monoisotopic (exact) mass is 544 g/mol. The van der Waals surface area contributed by atoms with E-state index in [0.29, 0.717) is 54.6 Å². The molecule has 0 bridgehead atoms. The molecule has 0 aliphatic rings. The summed E-state index contributed by atoms with van der Waals surface area (Å²) in [6.07, 6.45) is 8.22. The normalized spacial score (nSPS) is 11.1. The maximum Gasteiger partial charge on any atom is 0.180 e. The van der Waals surface area contributed by atoms with Gasteiger partial charge in [-0.1, -0.05) is 73.1 Å². The molecule has 0 amide bonds. The van der Waals surface area contributed by atoms with Crippen LogP contribution in [0.15, 0.2) is 22.7 Å². The third-order valence-corrected chi connectivity index (χ3v) is 5.37. The summed E-state index contributed by atoms with van der Waals surface area (Å²) in [5.74, 6) is 0.958. The second kappa shape index (κ2) is 19.9. The Morgan fingerprint density at radius 3 is 2.00 bits per heavy atom. The van der Waals surface area contributed by atoms with Gasteiger partial charge >= 0.3 is 0 Å². The van der Waals surface area contributed by atoms with Crippen molar-refractivity contribution in [1.82, 2.24) is 0 Å². The molecule has 1 rings (SSSR count). The molecule has 0 radical (unpaired) electrons. The SMILES string of the molecule is CCCCOC(COCCCCCOc1c(Cl)cc(OCC=C(Cl)Cl)cc1Cl)OCCCC. The lowest BCUT2D eigenvalue weighted by Gasteiger charge is -2.18. The van der Waals surface area contributed by atoms with Gasteiger partial charge < -0.3 is 23.7 Å². The first-order valence-corrected chi connectivity index (χ1v) is 13.1. The number of rotatable bonds is 20. The van der Waals surface area contributed by atoms with E-state index in [9.17, 15) is 0 Å². The van der Waals surface area contributed by atoms with E-state index in [1.54, 1.807) is 12.1 Å². The Morgan fingerprint density at radius 1 is 0.818 bits per heavy atom. The first-order valence-electron chi connectivity index (χ1n) is 11.5. The molecule has 1 aromatic rings. The number of halogens is 4. The Bertz CT molecular complexity index is 635.